The topological polar surface area (TPSA) is 78.4 Å². The highest BCUT2D eigenvalue weighted by atomic mass is 19.1. The zero-order chi connectivity index (χ0) is 15.3. The molecule has 5 nitrogen and oxygen atoms in total. The van der Waals surface area contributed by atoms with E-state index in [1.165, 1.54) is 12.1 Å². The van der Waals surface area contributed by atoms with Gasteiger partial charge in [0.25, 0.3) is 5.91 Å². The number of nitrogens with one attached hydrogen (secondary N) is 2. The Morgan fingerprint density at radius 1 is 1.30 bits per heavy atom. The molecule has 0 heterocycles. The Labute approximate surface area is 117 Å². The average molecular weight is 282 g/mol. The quantitative estimate of drug-likeness (QED) is 0.784. The summed E-state index contributed by atoms with van der Waals surface area (Å²) in [5.74, 6) is -1.86. The summed E-state index contributed by atoms with van der Waals surface area (Å²) in [6.45, 7) is 5.68. The van der Waals surface area contributed by atoms with Crippen molar-refractivity contribution in [3.8, 4) is 5.75 Å². The molecular weight excluding hydrogens is 263 g/mol. The van der Waals surface area contributed by atoms with Gasteiger partial charge in [-0.15, -0.1) is 0 Å². The molecule has 6 heteroatoms. The van der Waals surface area contributed by atoms with Gasteiger partial charge in [-0.2, -0.15) is 0 Å². The summed E-state index contributed by atoms with van der Waals surface area (Å²) >= 11 is 0. The fourth-order valence-corrected chi connectivity index (χ4v) is 1.55. The number of phenolic OH excluding ortho intramolecular Hbond substituents is 1. The summed E-state index contributed by atoms with van der Waals surface area (Å²) in [6.07, 6.45) is 0.114. The molecule has 0 bridgehead atoms. The number of amides is 2. The number of hydrogen-bond acceptors (Lipinski definition) is 3. The molecule has 3 N–H and O–H groups in total. The predicted molar refractivity (Wildman–Crippen MR) is 72.9 cm³/mol. The predicted octanol–water partition coefficient (Wildman–Crippen LogP) is 1.57. The van der Waals surface area contributed by atoms with Gasteiger partial charge in [-0.1, -0.05) is 0 Å². The second kappa shape index (κ2) is 6.36. The third kappa shape index (κ3) is 5.26. The zero-order valence-electron chi connectivity index (χ0n) is 11.8. The van der Waals surface area contributed by atoms with Crippen LogP contribution in [0.5, 0.6) is 5.75 Å². The van der Waals surface area contributed by atoms with E-state index in [0.717, 1.165) is 6.07 Å². The van der Waals surface area contributed by atoms with E-state index >= 15 is 0 Å². The number of aromatic hydroxyl groups is 1. The zero-order valence-corrected chi connectivity index (χ0v) is 11.8. The minimum Gasteiger partial charge on any atom is -0.508 e. The number of hydrogen-bond donors (Lipinski definition) is 3. The Balaban J connectivity index is 2.46. The molecule has 0 aliphatic carbocycles. The monoisotopic (exact) mass is 282 g/mol. The van der Waals surface area contributed by atoms with Crippen LogP contribution in [0.3, 0.4) is 0 Å². The van der Waals surface area contributed by atoms with Crippen molar-refractivity contribution < 1.29 is 19.1 Å². The van der Waals surface area contributed by atoms with Crippen molar-refractivity contribution in [1.82, 2.24) is 10.6 Å². The number of rotatable bonds is 4. The van der Waals surface area contributed by atoms with Gasteiger partial charge in [0.1, 0.15) is 11.6 Å². The minimum absolute atomic E-state index is 0.112. The molecule has 0 spiro atoms. The van der Waals surface area contributed by atoms with Gasteiger partial charge in [-0.25, -0.2) is 4.39 Å². The van der Waals surface area contributed by atoms with Gasteiger partial charge in [-0.3, -0.25) is 9.59 Å². The standard InChI is InChI=1S/C14H19FN2O3/c1-14(2,3)17-12(19)6-7-16-13(20)10-5-4-9(18)8-11(10)15/h4-5,8,18H,6-7H2,1-3H3,(H,16,20)(H,17,19). The van der Waals surface area contributed by atoms with Crippen LogP contribution in [0.2, 0.25) is 0 Å². The first kappa shape index (κ1) is 15.9. The molecule has 1 aromatic carbocycles. The normalized spacial score (nSPS) is 11.0. The van der Waals surface area contributed by atoms with Crippen LogP contribution >= 0.6 is 0 Å². The lowest BCUT2D eigenvalue weighted by molar-refractivity contribution is -0.122. The van der Waals surface area contributed by atoms with Crippen LogP contribution < -0.4 is 10.6 Å². The summed E-state index contributed by atoms with van der Waals surface area (Å²) in [5, 5.41) is 14.3. The Morgan fingerprint density at radius 2 is 1.95 bits per heavy atom. The molecule has 20 heavy (non-hydrogen) atoms. The first-order valence-electron chi connectivity index (χ1n) is 6.27. The second-order valence-corrected chi connectivity index (χ2v) is 5.47. The van der Waals surface area contributed by atoms with Gasteiger partial charge in [0, 0.05) is 24.6 Å². The van der Waals surface area contributed by atoms with Crippen molar-refractivity contribution in [2.75, 3.05) is 6.54 Å². The van der Waals surface area contributed by atoms with Crippen molar-refractivity contribution in [3.63, 3.8) is 0 Å². The number of benzene rings is 1. The van der Waals surface area contributed by atoms with Gasteiger partial charge in [-0.05, 0) is 32.9 Å². The Hall–Kier alpha value is -2.11. The van der Waals surface area contributed by atoms with Crippen LogP contribution in [0.4, 0.5) is 4.39 Å². The summed E-state index contributed by atoms with van der Waals surface area (Å²) < 4.78 is 13.4. The second-order valence-electron chi connectivity index (χ2n) is 5.47. The van der Waals surface area contributed by atoms with Crippen LogP contribution in [0, 0.1) is 5.82 Å². The molecule has 0 atom stereocenters. The molecule has 0 saturated heterocycles. The van der Waals surface area contributed by atoms with Gasteiger partial charge >= 0.3 is 0 Å². The number of carbonyl (C=O) groups excluding carboxylic acids is 2. The van der Waals surface area contributed by atoms with E-state index in [1.54, 1.807) is 0 Å². The SMILES string of the molecule is CC(C)(C)NC(=O)CCNC(=O)c1ccc(O)cc1F. The number of phenols is 1. The Bertz CT molecular complexity index is 510. The van der Waals surface area contributed by atoms with Crippen molar-refractivity contribution in [2.45, 2.75) is 32.7 Å². The maximum Gasteiger partial charge on any atom is 0.254 e. The fraction of sp³-hybridized carbons (Fsp3) is 0.429. The van der Waals surface area contributed by atoms with E-state index in [2.05, 4.69) is 10.6 Å². The Morgan fingerprint density at radius 3 is 2.50 bits per heavy atom. The molecule has 0 aromatic heterocycles. The molecule has 0 fully saturated rings. The van der Waals surface area contributed by atoms with Gasteiger partial charge < -0.3 is 15.7 Å². The molecule has 0 radical (unpaired) electrons. The van der Waals surface area contributed by atoms with Crippen LogP contribution in [0.25, 0.3) is 0 Å². The highest BCUT2D eigenvalue weighted by molar-refractivity contribution is 5.94. The van der Waals surface area contributed by atoms with Crippen molar-refractivity contribution in [2.24, 2.45) is 0 Å². The van der Waals surface area contributed by atoms with Gasteiger partial charge in [0.05, 0.1) is 5.56 Å². The van der Waals surface area contributed by atoms with E-state index in [-0.39, 0.29) is 35.7 Å². The number of halogens is 1. The molecule has 0 aliphatic rings. The molecule has 0 aliphatic heterocycles. The van der Waals surface area contributed by atoms with E-state index in [4.69, 9.17) is 5.11 Å². The third-order valence-electron chi connectivity index (χ3n) is 2.35. The first-order chi connectivity index (χ1) is 9.19. The van der Waals surface area contributed by atoms with Crippen LogP contribution in [-0.4, -0.2) is 29.0 Å². The lowest BCUT2D eigenvalue weighted by atomic mass is 10.1. The van der Waals surface area contributed by atoms with Crippen molar-refractivity contribution in [3.05, 3.63) is 29.6 Å². The van der Waals surface area contributed by atoms with E-state index < -0.39 is 11.7 Å². The summed E-state index contributed by atoms with van der Waals surface area (Å²) in [6, 6.07) is 3.28. The van der Waals surface area contributed by atoms with Crippen LogP contribution in [-0.2, 0) is 4.79 Å². The smallest absolute Gasteiger partial charge is 0.254 e. The minimum atomic E-state index is -0.804. The van der Waals surface area contributed by atoms with E-state index in [1.807, 2.05) is 20.8 Å². The van der Waals surface area contributed by atoms with Crippen LogP contribution in [0.1, 0.15) is 37.6 Å². The maximum atomic E-state index is 13.4. The van der Waals surface area contributed by atoms with Gasteiger partial charge in [0.2, 0.25) is 5.91 Å². The molecule has 1 aromatic rings. The molecule has 1 rings (SSSR count). The number of carbonyl (C=O) groups is 2. The largest absolute Gasteiger partial charge is 0.508 e. The van der Waals surface area contributed by atoms with Crippen molar-refractivity contribution in [1.29, 1.82) is 0 Å². The van der Waals surface area contributed by atoms with E-state index in [0.29, 0.717) is 0 Å². The summed E-state index contributed by atoms with van der Waals surface area (Å²) in [4.78, 5) is 23.2. The summed E-state index contributed by atoms with van der Waals surface area (Å²) in [5.41, 5.74) is -0.497. The molecule has 110 valence electrons. The highest BCUT2D eigenvalue weighted by Crippen LogP contribution is 2.14. The Kier molecular flexibility index (Phi) is 5.07. The average Bonchev–Trinajstić information content (AvgIpc) is 2.25. The van der Waals surface area contributed by atoms with Crippen LogP contribution in [0.15, 0.2) is 18.2 Å². The van der Waals surface area contributed by atoms with Crippen molar-refractivity contribution >= 4 is 11.8 Å². The fourth-order valence-electron chi connectivity index (χ4n) is 1.55. The third-order valence-corrected chi connectivity index (χ3v) is 2.35. The molecular formula is C14H19FN2O3. The maximum absolute atomic E-state index is 13.4. The highest BCUT2D eigenvalue weighted by Gasteiger charge is 2.15. The summed E-state index contributed by atoms with van der Waals surface area (Å²) in [7, 11) is 0. The lowest BCUT2D eigenvalue weighted by Crippen LogP contribution is -2.42. The lowest BCUT2D eigenvalue weighted by Gasteiger charge is -2.20. The molecule has 2 amide bonds. The van der Waals surface area contributed by atoms with E-state index in [9.17, 15) is 14.0 Å². The first-order valence-corrected chi connectivity index (χ1v) is 6.27. The molecule has 0 unspecified atom stereocenters. The molecule has 0 saturated carbocycles. The van der Waals surface area contributed by atoms with Gasteiger partial charge in [0.15, 0.2) is 0 Å².